The van der Waals surface area contributed by atoms with Crippen LogP contribution in [-0.4, -0.2) is 30.6 Å². The first-order chi connectivity index (χ1) is 11.1. The third-order valence-electron chi connectivity index (χ3n) is 4.93. The average Bonchev–Trinajstić information content (AvgIpc) is 3.28. The van der Waals surface area contributed by atoms with Crippen molar-refractivity contribution < 1.29 is 17.5 Å². The van der Waals surface area contributed by atoms with Crippen molar-refractivity contribution in [1.82, 2.24) is 4.31 Å². The quantitative estimate of drug-likeness (QED) is 0.828. The second kappa shape index (κ2) is 5.99. The van der Waals surface area contributed by atoms with Crippen molar-refractivity contribution in [3.63, 3.8) is 0 Å². The molecule has 2 aliphatic rings. The summed E-state index contributed by atoms with van der Waals surface area (Å²) in [4.78, 5) is 0. The van der Waals surface area contributed by atoms with E-state index in [-0.39, 0.29) is 17.6 Å². The molecule has 0 radical (unpaired) electrons. The van der Waals surface area contributed by atoms with Gasteiger partial charge in [0.15, 0.2) is 11.6 Å². The summed E-state index contributed by atoms with van der Waals surface area (Å²) in [6.07, 6.45) is 2.80. The number of ether oxygens (including phenoxy) is 1. The zero-order valence-corrected chi connectivity index (χ0v) is 15.6. The lowest BCUT2D eigenvalue weighted by Gasteiger charge is -2.38. The first-order valence-electron chi connectivity index (χ1n) is 8.58. The Morgan fingerprint density at radius 3 is 2.54 bits per heavy atom. The standard InChI is InChI=1S/C18H26FNO3S/c1-12-15-10-17(23-11-13-5-6-13)16(19)9-14(15)7-8-20(12)24(21,22)18(2,3)4/h9-10,12-13H,5-8,11H2,1-4H3/t12-/m1/s1. The molecule has 1 aliphatic heterocycles. The highest BCUT2D eigenvalue weighted by molar-refractivity contribution is 7.90. The normalized spacial score (nSPS) is 22.3. The van der Waals surface area contributed by atoms with Gasteiger partial charge in [0.05, 0.1) is 11.4 Å². The van der Waals surface area contributed by atoms with Gasteiger partial charge >= 0.3 is 0 Å². The van der Waals surface area contributed by atoms with Crippen LogP contribution in [0.5, 0.6) is 5.75 Å². The fourth-order valence-electron chi connectivity index (χ4n) is 3.08. The van der Waals surface area contributed by atoms with Gasteiger partial charge in [0.2, 0.25) is 10.0 Å². The number of fused-ring (bicyclic) bond motifs is 1. The summed E-state index contributed by atoms with van der Waals surface area (Å²) >= 11 is 0. The van der Waals surface area contributed by atoms with Gasteiger partial charge in [-0.25, -0.2) is 12.8 Å². The number of nitrogens with zero attached hydrogens (tertiary/aromatic N) is 1. The van der Waals surface area contributed by atoms with Crippen LogP contribution >= 0.6 is 0 Å². The molecule has 6 heteroatoms. The fraction of sp³-hybridized carbons (Fsp3) is 0.667. The molecule has 0 spiro atoms. The molecule has 134 valence electrons. The van der Waals surface area contributed by atoms with Gasteiger partial charge in [0.25, 0.3) is 0 Å². The smallest absolute Gasteiger partial charge is 0.219 e. The summed E-state index contributed by atoms with van der Waals surface area (Å²) in [7, 11) is -3.43. The van der Waals surface area contributed by atoms with E-state index >= 15 is 0 Å². The fourth-order valence-corrected chi connectivity index (χ4v) is 4.64. The average molecular weight is 355 g/mol. The number of hydrogen-bond acceptors (Lipinski definition) is 3. The Morgan fingerprint density at radius 1 is 1.29 bits per heavy atom. The molecule has 1 heterocycles. The van der Waals surface area contributed by atoms with Crippen molar-refractivity contribution in [2.75, 3.05) is 13.2 Å². The summed E-state index contributed by atoms with van der Waals surface area (Å²) in [5.41, 5.74) is 1.72. The molecule has 24 heavy (non-hydrogen) atoms. The van der Waals surface area contributed by atoms with Crippen molar-refractivity contribution in [1.29, 1.82) is 0 Å². The van der Waals surface area contributed by atoms with Crippen LogP contribution in [0.25, 0.3) is 0 Å². The predicted octanol–water partition coefficient (Wildman–Crippen LogP) is 3.66. The number of hydrogen-bond donors (Lipinski definition) is 0. The van der Waals surface area contributed by atoms with Gasteiger partial charge in [0.1, 0.15) is 0 Å². The highest BCUT2D eigenvalue weighted by Crippen LogP contribution is 2.38. The lowest BCUT2D eigenvalue weighted by atomic mass is 9.95. The third-order valence-corrected chi connectivity index (χ3v) is 7.60. The Kier molecular flexibility index (Phi) is 4.41. The molecule has 1 atom stereocenters. The van der Waals surface area contributed by atoms with Crippen molar-refractivity contribution in [2.24, 2.45) is 5.92 Å². The number of rotatable bonds is 4. The topological polar surface area (TPSA) is 46.6 Å². The van der Waals surface area contributed by atoms with Gasteiger partial charge in [0, 0.05) is 12.6 Å². The van der Waals surface area contributed by atoms with Gasteiger partial charge in [-0.05, 0) is 76.1 Å². The molecule has 3 rings (SSSR count). The minimum atomic E-state index is -3.43. The lowest BCUT2D eigenvalue weighted by Crippen LogP contribution is -2.46. The summed E-state index contributed by atoms with van der Waals surface area (Å²) in [6.45, 7) is 7.91. The predicted molar refractivity (Wildman–Crippen MR) is 92.1 cm³/mol. The number of benzene rings is 1. The largest absolute Gasteiger partial charge is 0.490 e. The zero-order valence-electron chi connectivity index (χ0n) is 14.8. The molecule has 4 nitrogen and oxygen atoms in total. The second-order valence-corrected chi connectivity index (χ2v) is 10.5. The third kappa shape index (κ3) is 3.18. The van der Waals surface area contributed by atoms with Crippen molar-refractivity contribution in [2.45, 2.75) is 57.7 Å². The molecule has 0 aromatic heterocycles. The van der Waals surface area contributed by atoms with Crippen molar-refractivity contribution >= 4 is 10.0 Å². The Balaban J connectivity index is 1.90. The molecule has 0 amide bonds. The molecule has 0 bridgehead atoms. The Morgan fingerprint density at radius 2 is 1.96 bits per heavy atom. The van der Waals surface area contributed by atoms with Crippen LogP contribution in [0, 0.1) is 11.7 Å². The summed E-state index contributed by atoms with van der Waals surface area (Å²) in [5, 5.41) is 0. The van der Waals surface area contributed by atoms with E-state index < -0.39 is 14.8 Å². The van der Waals surface area contributed by atoms with Gasteiger partial charge in [-0.2, -0.15) is 4.31 Å². The van der Waals surface area contributed by atoms with Crippen LogP contribution in [0.4, 0.5) is 4.39 Å². The van der Waals surface area contributed by atoms with Crippen LogP contribution in [0.1, 0.15) is 57.7 Å². The van der Waals surface area contributed by atoms with E-state index in [9.17, 15) is 12.8 Å². The van der Waals surface area contributed by atoms with E-state index in [0.717, 1.165) is 24.0 Å². The minimum Gasteiger partial charge on any atom is -0.490 e. The monoisotopic (exact) mass is 355 g/mol. The van der Waals surface area contributed by atoms with Gasteiger partial charge in [-0.15, -0.1) is 0 Å². The number of halogens is 1. The van der Waals surface area contributed by atoms with E-state index in [1.807, 2.05) is 6.92 Å². The molecular formula is C18H26FNO3S. The molecule has 0 unspecified atom stereocenters. The molecule has 1 aliphatic carbocycles. The second-order valence-electron chi connectivity index (χ2n) is 7.89. The minimum absolute atomic E-state index is 0.238. The first-order valence-corrected chi connectivity index (χ1v) is 10.0. The van der Waals surface area contributed by atoms with Gasteiger partial charge in [-0.3, -0.25) is 0 Å². The molecule has 1 aromatic rings. The van der Waals surface area contributed by atoms with E-state index in [2.05, 4.69) is 0 Å². The summed E-state index contributed by atoms with van der Waals surface area (Å²) in [6, 6.07) is 2.89. The van der Waals surface area contributed by atoms with Crippen molar-refractivity contribution in [3.05, 3.63) is 29.1 Å². The van der Waals surface area contributed by atoms with Gasteiger partial charge < -0.3 is 4.74 Å². The summed E-state index contributed by atoms with van der Waals surface area (Å²) < 4.78 is 46.2. The molecular weight excluding hydrogens is 329 g/mol. The zero-order chi connectivity index (χ0) is 17.7. The van der Waals surface area contributed by atoms with E-state index in [0.29, 0.717) is 25.5 Å². The Hall–Kier alpha value is -1.14. The van der Waals surface area contributed by atoms with E-state index in [4.69, 9.17) is 4.74 Å². The molecule has 0 saturated heterocycles. The number of sulfonamides is 1. The van der Waals surface area contributed by atoms with Crippen molar-refractivity contribution in [3.8, 4) is 5.75 Å². The van der Waals surface area contributed by atoms with Gasteiger partial charge in [-0.1, -0.05) is 0 Å². The van der Waals surface area contributed by atoms with Crippen LogP contribution < -0.4 is 4.74 Å². The Labute approximate surface area is 144 Å². The van der Waals surface area contributed by atoms with Crippen LogP contribution in [0.3, 0.4) is 0 Å². The van der Waals surface area contributed by atoms with Crippen LogP contribution in [-0.2, 0) is 16.4 Å². The molecule has 1 fully saturated rings. The molecule has 0 N–H and O–H groups in total. The maximum atomic E-state index is 14.2. The molecule has 1 aromatic carbocycles. The maximum absolute atomic E-state index is 14.2. The SMILES string of the molecule is C[C@@H]1c2cc(OCC3CC3)c(F)cc2CCN1S(=O)(=O)C(C)(C)C. The Bertz CT molecular complexity index is 735. The van der Waals surface area contributed by atoms with Crippen LogP contribution in [0.15, 0.2) is 12.1 Å². The molecule has 1 saturated carbocycles. The van der Waals surface area contributed by atoms with E-state index in [1.165, 1.54) is 10.4 Å². The lowest BCUT2D eigenvalue weighted by molar-refractivity contribution is 0.280. The highest BCUT2D eigenvalue weighted by Gasteiger charge is 2.40. The highest BCUT2D eigenvalue weighted by atomic mass is 32.2. The van der Waals surface area contributed by atoms with Crippen LogP contribution in [0.2, 0.25) is 0 Å². The first kappa shape index (κ1) is 17.7. The van der Waals surface area contributed by atoms with E-state index in [1.54, 1.807) is 26.8 Å². The maximum Gasteiger partial charge on any atom is 0.219 e. The summed E-state index contributed by atoms with van der Waals surface area (Å²) in [5.74, 6) is 0.423.